The van der Waals surface area contributed by atoms with E-state index in [1.54, 1.807) is 6.20 Å². The highest BCUT2D eigenvalue weighted by Gasteiger charge is 2.62. The summed E-state index contributed by atoms with van der Waals surface area (Å²) in [5.41, 5.74) is 1.17. The Balaban J connectivity index is 1.35. The summed E-state index contributed by atoms with van der Waals surface area (Å²) in [7, 11) is 0. The highest BCUT2D eigenvalue weighted by atomic mass is 16.3. The Labute approximate surface area is 194 Å². The van der Waals surface area contributed by atoms with E-state index < -0.39 is 5.60 Å². The molecule has 1 unspecified atom stereocenters. The summed E-state index contributed by atoms with van der Waals surface area (Å²) in [6, 6.07) is 2.21. The fourth-order valence-electron chi connectivity index (χ4n) is 9.86. The van der Waals surface area contributed by atoms with Crippen LogP contribution in [0, 0.1) is 57.7 Å². The average Bonchev–Trinajstić information content (AvgIpc) is 3.36. The fraction of sp³-hybridized carbons (Fsp3) is 0.857. The van der Waals surface area contributed by atoms with Crippen molar-refractivity contribution in [3.05, 3.63) is 18.0 Å². The lowest BCUT2D eigenvalue weighted by atomic mass is 9.42. The van der Waals surface area contributed by atoms with E-state index in [1.165, 1.54) is 51.4 Å². The lowest BCUT2D eigenvalue weighted by Gasteiger charge is -2.63. The van der Waals surface area contributed by atoms with Gasteiger partial charge >= 0.3 is 0 Å². The number of hydrogen-bond donors (Lipinski definition) is 1. The zero-order valence-electron chi connectivity index (χ0n) is 20.7. The largest absolute Gasteiger partial charge is 0.390 e. The summed E-state index contributed by atoms with van der Waals surface area (Å²) in [5, 5.41) is 24.4. The maximum absolute atomic E-state index is 10.8. The number of aliphatic hydroxyl groups is 1. The maximum Gasteiger partial charge on any atom is 0.102 e. The standard InChI is InChI=1S/C28H43N3O/c1-5-28-13-12-26(3,32)14-21(28)6-7-22-24-9-8-23(27(24,4)11-10-25(22)28)19(2)17-31-18-20(15-29)16-30-31/h16,18-19,21-25,32H,5-14,17H2,1-4H3/t19?,21-,22+,23-,24+,25+,26-,27-,28+/m1/s1. The van der Waals surface area contributed by atoms with Crippen LogP contribution in [0.15, 0.2) is 12.4 Å². The summed E-state index contributed by atoms with van der Waals surface area (Å²) in [4.78, 5) is 0. The molecule has 32 heavy (non-hydrogen) atoms. The van der Waals surface area contributed by atoms with E-state index in [9.17, 15) is 5.11 Å². The van der Waals surface area contributed by atoms with Crippen LogP contribution in [0.5, 0.6) is 0 Å². The van der Waals surface area contributed by atoms with Gasteiger partial charge in [0, 0.05) is 12.7 Å². The molecule has 9 atom stereocenters. The lowest BCUT2D eigenvalue weighted by Crippen LogP contribution is -2.56. The molecule has 0 amide bonds. The third kappa shape index (κ3) is 3.37. The molecule has 4 aliphatic rings. The minimum absolute atomic E-state index is 0.439. The molecule has 1 aromatic rings. The summed E-state index contributed by atoms with van der Waals surface area (Å²) in [5.74, 6) is 4.71. The minimum Gasteiger partial charge on any atom is -0.390 e. The molecule has 0 radical (unpaired) electrons. The second kappa shape index (κ2) is 7.86. The van der Waals surface area contributed by atoms with Crippen LogP contribution in [0.1, 0.15) is 97.5 Å². The predicted octanol–water partition coefficient (Wildman–Crippen LogP) is 6.19. The molecule has 0 spiro atoms. The Morgan fingerprint density at radius 1 is 1.16 bits per heavy atom. The summed E-state index contributed by atoms with van der Waals surface area (Å²) < 4.78 is 2.00. The average molecular weight is 438 g/mol. The zero-order chi connectivity index (χ0) is 22.7. The van der Waals surface area contributed by atoms with Gasteiger partial charge in [-0.15, -0.1) is 0 Å². The Morgan fingerprint density at radius 2 is 1.97 bits per heavy atom. The van der Waals surface area contributed by atoms with E-state index in [4.69, 9.17) is 5.26 Å². The Kier molecular flexibility index (Phi) is 5.52. The quantitative estimate of drug-likeness (QED) is 0.611. The van der Waals surface area contributed by atoms with Crippen LogP contribution >= 0.6 is 0 Å². The smallest absolute Gasteiger partial charge is 0.102 e. The zero-order valence-corrected chi connectivity index (χ0v) is 20.7. The molecule has 1 heterocycles. The lowest BCUT2D eigenvalue weighted by molar-refractivity contribution is -0.157. The maximum atomic E-state index is 10.8. The summed E-state index contributed by atoms with van der Waals surface area (Å²) in [6.07, 6.45) is 16.4. The molecule has 1 N–H and O–H groups in total. The van der Waals surface area contributed by atoms with E-state index >= 15 is 0 Å². The number of nitrogens with zero attached hydrogens (tertiary/aromatic N) is 3. The van der Waals surface area contributed by atoms with E-state index in [2.05, 4.69) is 38.9 Å². The topological polar surface area (TPSA) is 61.8 Å². The molecule has 1 aromatic heterocycles. The first-order valence-electron chi connectivity index (χ1n) is 13.4. The van der Waals surface area contributed by atoms with Crippen LogP contribution in [0.3, 0.4) is 0 Å². The van der Waals surface area contributed by atoms with Crippen molar-refractivity contribution in [1.82, 2.24) is 9.78 Å². The van der Waals surface area contributed by atoms with Crippen molar-refractivity contribution in [3.63, 3.8) is 0 Å². The number of fused-ring (bicyclic) bond motifs is 5. The highest BCUT2D eigenvalue weighted by molar-refractivity contribution is 5.21. The van der Waals surface area contributed by atoms with Crippen molar-refractivity contribution in [2.24, 2.45) is 46.3 Å². The van der Waals surface area contributed by atoms with Gasteiger partial charge in [0.15, 0.2) is 0 Å². The van der Waals surface area contributed by atoms with Crippen molar-refractivity contribution >= 4 is 0 Å². The van der Waals surface area contributed by atoms with Crippen molar-refractivity contribution < 1.29 is 5.11 Å². The van der Waals surface area contributed by atoms with Crippen LogP contribution in [0.4, 0.5) is 0 Å². The van der Waals surface area contributed by atoms with Gasteiger partial charge in [0.05, 0.1) is 17.4 Å². The van der Waals surface area contributed by atoms with Gasteiger partial charge in [-0.05, 0) is 117 Å². The molecule has 176 valence electrons. The second-order valence-corrected chi connectivity index (χ2v) is 12.7. The van der Waals surface area contributed by atoms with Gasteiger partial charge in [-0.3, -0.25) is 4.68 Å². The molecule has 4 saturated carbocycles. The molecule has 0 aromatic carbocycles. The summed E-state index contributed by atoms with van der Waals surface area (Å²) >= 11 is 0. The molecule has 0 aliphatic heterocycles. The fourth-order valence-corrected chi connectivity index (χ4v) is 9.86. The SMILES string of the molecule is CC[C@]12CC[C@@](C)(O)C[C@H]1CC[C@H]1[C@@H]3CC[C@H](C(C)Cn4cc(C#N)cn4)[C@@]3(C)CC[C@@H]12. The van der Waals surface area contributed by atoms with E-state index in [-0.39, 0.29) is 0 Å². The Morgan fingerprint density at radius 3 is 2.69 bits per heavy atom. The third-order valence-electron chi connectivity index (χ3n) is 11.3. The first-order valence-corrected chi connectivity index (χ1v) is 13.4. The first kappa shape index (κ1) is 22.5. The van der Waals surface area contributed by atoms with Gasteiger partial charge in [0.2, 0.25) is 0 Å². The number of aromatic nitrogens is 2. The van der Waals surface area contributed by atoms with Crippen LogP contribution in [0.2, 0.25) is 0 Å². The Hall–Kier alpha value is -1.34. The van der Waals surface area contributed by atoms with Crippen molar-refractivity contribution in [3.8, 4) is 6.07 Å². The number of rotatable bonds is 4. The second-order valence-electron chi connectivity index (χ2n) is 12.7. The van der Waals surface area contributed by atoms with Gasteiger partial charge < -0.3 is 5.11 Å². The van der Waals surface area contributed by atoms with Crippen LogP contribution < -0.4 is 0 Å². The predicted molar refractivity (Wildman–Crippen MR) is 127 cm³/mol. The van der Waals surface area contributed by atoms with Gasteiger partial charge in [-0.1, -0.05) is 20.8 Å². The van der Waals surface area contributed by atoms with Crippen LogP contribution in [0.25, 0.3) is 0 Å². The van der Waals surface area contributed by atoms with Crippen molar-refractivity contribution in [2.45, 2.75) is 104 Å². The van der Waals surface area contributed by atoms with Gasteiger partial charge in [0.25, 0.3) is 0 Å². The molecule has 4 nitrogen and oxygen atoms in total. The summed E-state index contributed by atoms with van der Waals surface area (Å²) in [6.45, 7) is 10.5. The molecular formula is C28H43N3O. The monoisotopic (exact) mass is 437 g/mol. The van der Waals surface area contributed by atoms with Crippen molar-refractivity contribution in [1.29, 1.82) is 5.26 Å². The molecule has 4 fully saturated rings. The minimum atomic E-state index is -0.439. The highest BCUT2D eigenvalue weighted by Crippen LogP contribution is 2.69. The molecular weight excluding hydrogens is 394 g/mol. The molecule has 4 aliphatic carbocycles. The molecule has 0 saturated heterocycles. The van der Waals surface area contributed by atoms with E-state index in [1.807, 2.05) is 10.9 Å². The molecule has 5 rings (SSSR count). The molecule has 0 bridgehead atoms. The van der Waals surface area contributed by atoms with Crippen molar-refractivity contribution in [2.75, 3.05) is 0 Å². The van der Waals surface area contributed by atoms with E-state index in [0.29, 0.717) is 22.3 Å². The van der Waals surface area contributed by atoms with Gasteiger partial charge in [-0.2, -0.15) is 10.4 Å². The van der Waals surface area contributed by atoms with Crippen LogP contribution in [-0.2, 0) is 6.54 Å². The van der Waals surface area contributed by atoms with E-state index in [0.717, 1.165) is 49.0 Å². The Bertz CT molecular complexity index is 883. The normalized spacial score (nSPS) is 46.6. The number of nitriles is 1. The number of hydrogen-bond acceptors (Lipinski definition) is 3. The first-order chi connectivity index (χ1) is 15.2. The van der Waals surface area contributed by atoms with Gasteiger partial charge in [0.1, 0.15) is 6.07 Å². The third-order valence-corrected chi connectivity index (χ3v) is 11.3. The van der Waals surface area contributed by atoms with Crippen LogP contribution in [-0.4, -0.2) is 20.5 Å². The van der Waals surface area contributed by atoms with Gasteiger partial charge in [-0.25, -0.2) is 0 Å². The molecule has 4 heteroatoms.